The Kier molecular flexibility index (Phi) is 1.51. The molecule has 0 aliphatic carbocycles. The summed E-state index contributed by atoms with van der Waals surface area (Å²) < 4.78 is 0. The van der Waals surface area contributed by atoms with E-state index in [0.29, 0.717) is 0 Å². The molecule has 0 aromatic carbocycles. The van der Waals surface area contributed by atoms with Gasteiger partial charge in [-0.25, -0.2) is 0 Å². The van der Waals surface area contributed by atoms with E-state index in [2.05, 4.69) is 20.6 Å². The van der Waals surface area contributed by atoms with Gasteiger partial charge in [0.2, 0.25) is 5.91 Å². The molecule has 12 heavy (non-hydrogen) atoms. The van der Waals surface area contributed by atoms with Crippen molar-refractivity contribution < 1.29 is 9.90 Å². The number of aromatic nitrogens is 4. The fourth-order valence-electron chi connectivity index (χ4n) is 1.15. The maximum absolute atomic E-state index is 11.1. The van der Waals surface area contributed by atoms with Crippen LogP contribution >= 0.6 is 0 Å². The van der Waals surface area contributed by atoms with Gasteiger partial charge in [0.05, 0.1) is 19.1 Å². The zero-order valence-corrected chi connectivity index (χ0v) is 6.14. The van der Waals surface area contributed by atoms with Crippen LogP contribution in [-0.4, -0.2) is 44.3 Å². The quantitative estimate of drug-likeness (QED) is 0.522. The fourth-order valence-corrected chi connectivity index (χ4v) is 1.15. The summed E-state index contributed by atoms with van der Waals surface area (Å²) in [7, 11) is 0. The molecule has 1 atom stereocenters. The van der Waals surface area contributed by atoms with Crippen LogP contribution in [0.15, 0.2) is 0 Å². The number of hydrogen-bond acceptors (Lipinski definition) is 5. The zero-order valence-electron chi connectivity index (χ0n) is 6.14. The first-order valence-electron chi connectivity index (χ1n) is 3.49. The number of H-pyrrole nitrogens is 1. The number of aromatic amines is 1. The second-order valence-corrected chi connectivity index (χ2v) is 2.57. The predicted octanol–water partition coefficient (Wildman–Crippen LogP) is -1.70. The van der Waals surface area contributed by atoms with Gasteiger partial charge in [0.15, 0.2) is 0 Å². The van der Waals surface area contributed by atoms with Crippen LogP contribution in [0.25, 0.3) is 0 Å². The molecule has 7 heteroatoms. The molecule has 0 radical (unpaired) electrons. The van der Waals surface area contributed by atoms with E-state index < -0.39 is 6.10 Å². The molecule has 1 aromatic heterocycles. The van der Waals surface area contributed by atoms with E-state index in [1.807, 2.05) is 0 Å². The summed E-state index contributed by atoms with van der Waals surface area (Å²) in [6.45, 7) is 0.248. The molecular formula is C5H7N5O2. The van der Waals surface area contributed by atoms with E-state index in [1.165, 1.54) is 4.90 Å². The molecule has 1 aliphatic rings. The number of carbonyl (C=O) groups excluding carboxylic acids is 1. The van der Waals surface area contributed by atoms with Crippen molar-refractivity contribution in [1.82, 2.24) is 20.6 Å². The van der Waals surface area contributed by atoms with Crippen LogP contribution in [0.1, 0.15) is 6.42 Å². The van der Waals surface area contributed by atoms with Crippen molar-refractivity contribution in [3.8, 4) is 0 Å². The maximum Gasteiger partial charge on any atom is 0.272 e. The van der Waals surface area contributed by atoms with Gasteiger partial charge in [0, 0.05) is 0 Å². The molecule has 2 N–H and O–H groups in total. The average molecular weight is 169 g/mol. The standard InChI is InChI=1S/C5H7N5O2/c11-3-1-4(12)10(2-3)5-6-8-9-7-5/h3,11H,1-2H2,(H,6,7,8,9). The minimum Gasteiger partial charge on any atom is -0.391 e. The van der Waals surface area contributed by atoms with Crippen LogP contribution < -0.4 is 4.90 Å². The molecule has 1 fully saturated rings. The molecule has 64 valence electrons. The SMILES string of the molecule is O=C1CC(O)CN1c1nn[nH]n1. The summed E-state index contributed by atoms with van der Waals surface area (Å²) >= 11 is 0. The van der Waals surface area contributed by atoms with Crippen molar-refractivity contribution in [3.05, 3.63) is 0 Å². The highest BCUT2D eigenvalue weighted by atomic mass is 16.3. The molecule has 1 unspecified atom stereocenters. The number of nitrogens with zero attached hydrogens (tertiary/aromatic N) is 4. The number of carbonyl (C=O) groups is 1. The number of aliphatic hydroxyl groups is 1. The third-order valence-electron chi connectivity index (χ3n) is 1.68. The highest BCUT2D eigenvalue weighted by Crippen LogP contribution is 2.15. The van der Waals surface area contributed by atoms with E-state index in [0.717, 1.165) is 0 Å². The monoisotopic (exact) mass is 169 g/mol. The lowest BCUT2D eigenvalue weighted by atomic mass is 10.3. The molecule has 0 saturated carbocycles. The van der Waals surface area contributed by atoms with Gasteiger partial charge in [-0.15, -0.1) is 5.10 Å². The van der Waals surface area contributed by atoms with Crippen molar-refractivity contribution in [2.24, 2.45) is 0 Å². The number of aliphatic hydroxyl groups excluding tert-OH is 1. The van der Waals surface area contributed by atoms with E-state index in [-0.39, 0.29) is 24.8 Å². The van der Waals surface area contributed by atoms with Crippen LogP contribution in [0.3, 0.4) is 0 Å². The van der Waals surface area contributed by atoms with Crippen molar-refractivity contribution >= 4 is 11.9 Å². The molecule has 7 nitrogen and oxygen atoms in total. The number of anilines is 1. The van der Waals surface area contributed by atoms with Crippen LogP contribution in [0, 0.1) is 0 Å². The van der Waals surface area contributed by atoms with Gasteiger partial charge in [-0.05, 0) is 5.21 Å². The second-order valence-electron chi connectivity index (χ2n) is 2.57. The molecule has 0 spiro atoms. The van der Waals surface area contributed by atoms with Crippen LogP contribution in [-0.2, 0) is 4.79 Å². The molecule has 1 aromatic rings. The predicted molar refractivity (Wildman–Crippen MR) is 37.2 cm³/mol. The van der Waals surface area contributed by atoms with Gasteiger partial charge in [0.1, 0.15) is 0 Å². The molecule has 1 saturated heterocycles. The summed E-state index contributed by atoms with van der Waals surface area (Å²) in [5, 5.41) is 21.9. The maximum atomic E-state index is 11.1. The fraction of sp³-hybridized carbons (Fsp3) is 0.600. The van der Waals surface area contributed by atoms with Gasteiger partial charge in [-0.3, -0.25) is 9.69 Å². The highest BCUT2D eigenvalue weighted by Gasteiger charge is 2.31. The third kappa shape index (κ3) is 1.03. The molecule has 2 rings (SSSR count). The Bertz CT molecular complexity index is 284. The number of hydrogen-bond donors (Lipinski definition) is 2. The first-order valence-corrected chi connectivity index (χ1v) is 3.49. The molecular weight excluding hydrogens is 162 g/mol. The lowest BCUT2D eigenvalue weighted by molar-refractivity contribution is -0.117. The van der Waals surface area contributed by atoms with Crippen molar-refractivity contribution in [2.45, 2.75) is 12.5 Å². The Morgan fingerprint density at radius 1 is 1.67 bits per heavy atom. The number of β-amino-alcohol motifs (C(OH)–C–C–N with tert-alkyl or cyclic N) is 1. The van der Waals surface area contributed by atoms with Crippen LogP contribution in [0.2, 0.25) is 0 Å². The molecule has 0 bridgehead atoms. The Balaban J connectivity index is 2.21. The Morgan fingerprint density at radius 2 is 2.50 bits per heavy atom. The molecule has 2 heterocycles. The number of nitrogens with one attached hydrogen (secondary N) is 1. The Hall–Kier alpha value is -1.50. The smallest absolute Gasteiger partial charge is 0.272 e. The number of rotatable bonds is 1. The van der Waals surface area contributed by atoms with E-state index in [1.54, 1.807) is 0 Å². The minimum absolute atomic E-state index is 0.133. The summed E-state index contributed by atoms with van der Waals surface area (Å²) in [5.41, 5.74) is 0. The van der Waals surface area contributed by atoms with Gasteiger partial charge in [-0.2, -0.15) is 5.21 Å². The second kappa shape index (κ2) is 2.52. The first kappa shape index (κ1) is 7.17. The van der Waals surface area contributed by atoms with Crippen molar-refractivity contribution in [1.29, 1.82) is 0 Å². The molecule has 1 aliphatic heterocycles. The van der Waals surface area contributed by atoms with E-state index in [9.17, 15) is 4.79 Å². The number of tetrazole rings is 1. The van der Waals surface area contributed by atoms with Crippen molar-refractivity contribution in [2.75, 3.05) is 11.4 Å². The van der Waals surface area contributed by atoms with Crippen molar-refractivity contribution in [3.63, 3.8) is 0 Å². The summed E-state index contributed by atoms with van der Waals surface area (Å²) in [4.78, 5) is 12.4. The van der Waals surface area contributed by atoms with Gasteiger partial charge < -0.3 is 5.11 Å². The highest BCUT2D eigenvalue weighted by molar-refractivity contribution is 5.94. The summed E-state index contributed by atoms with van der Waals surface area (Å²) in [6, 6.07) is 0. The summed E-state index contributed by atoms with van der Waals surface area (Å²) in [5.74, 6) is 0.0421. The minimum atomic E-state index is -0.615. The largest absolute Gasteiger partial charge is 0.391 e. The number of amides is 1. The zero-order chi connectivity index (χ0) is 8.55. The summed E-state index contributed by atoms with van der Waals surface area (Å²) in [6.07, 6.45) is -0.481. The lowest BCUT2D eigenvalue weighted by Gasteiger charge is -2.08. The average Bonchev–Trinajstić information content (AvgIpc) is 2.58. The Morgan fingerprint density at radius 3 is 3.00 bits per heavy atom. The molecule has 1 amide bonds. The van der Waals surface area contributed by atoms with Gasteiger partial charge >= 0.3 is 0 Å². The normalized spacial score (nSPS) is 23.6. The first-order chi connectivity index (χ1) is 5.77. The van der Waals surface area contributed by atoms with Gasteiger partial charge in [-0.1, -0.05) is 5.10 Å². The van der Waals surface area contributed by atoms with E-state index >= 15 is 0 Å². The van der Waals surface area contributed by atoms with Crippen LogP contribution in [0.4, 0.5) is 5.95 Å². The van der Waals surface area contributed by atoms with Crippen LogP contribution in [0.5, 0.6) is 0 Å². The lowest BCUT2D eigenvalue weighted by Crippen LogP contribution is -2.26. The third-order valence-corrected chi connectivity index (χ3v) is 1.68. The Labute approximate surface area is 67.4 Å². The van der Waals surface area contributed by atoms with Gasteiger partial charge in [0.25, 0.3) is 5.95 Å². The van der Waals surface area contributed by atoms with E-state index in [4.69, 9.17) is 5.11 Å². The topological polar surface area (TPSA) is 95.0 Å².